The molecule has 8 aromatic rings. The van der Waals surface area contributed by atoms with Crippen LogP contribution >= 0.6 is 0 Å². The number of rotatable bonds is 5. The lowest BCUT2D eigenvalue weighted by Gasteiger charge is -2.54. The van der Waals surface area contributed by atoms with E-state index in [2.05, 4.69) is 0 Å². The number of aliphatic hydroxyl groups excluding tert-OH is 4. The van der Waals surface area contributed by atoms with Crippen molar-refractivity contribution in [1.82, 2.24) is 0 Å². The van der Waals surface area contributed by atoms with Gasteiger partial charge in [-0.25, -0.2) is 0 Å². The smallest absolute Gasteiger partial charge is 0.305 e. The van der Waals surface area contributed by atoms with E-state index in [9.17, 15) is 102 Å². The van der Waals surface area contributed by atoms with Crippen molar-refractivity contribution in [3.05, 3.63) is 152 Å². The second-order valence-corrected chi connectivity index (χ2v) is 21.7. The molecule has 0 aromatic heterocycles. The fraction of sp³-hybridized carbons (Fsp3) is 0.200. The molecule has 0 aliphatic carbocycles. The van der Waals surface area contributed by atoms with Gasteiger partial charge in [0.15, 0.2) is 63.6 Å². The minimum atomic E-state index is -2.91. The van der Waals surface area contributed by atoms with Gasteiger partial charge in [0.25, 0.3) is 0 Å². The molecule has 0 spiro atoms. The molecule has 86 heavy (non-hydrogen) atoms. The predicted molar refractivity (Wildman–Crippen MR) is 284 cm³/mol. The molecule has 26 heteroatoms. The lowest BCUT2D eigenvalue weighted by atomic mass is 9.69. The normalized spacial score (nSPS) is 26.0. The zero-order chi connectivity index (χ0) is 60.8. The van der Waals surface area contributed by atoms with Crippen molar-refractivity contribution < 1.29 is 131 Å². The van der Waals surface area contributed by atoms with Crippen LogP contribution in [0.5, 0.6) is 126 Å². The van der Waals surface area contributed by atoms with Crippen molar-refractivity contribution in [3.63, 3.8) is 0 Å². The maximum Gasteiger partial charge on any atom is 0.305 e. The van der Waals surface area contributed by atoms with Crippen LogP contribution in [-0.2, 0) is 18.0 Å². The Morgan fingerprint density at radius 3 is 1.41 bits per heavy atom. The minimum Gasteiger partial charge on any atom is -0.508 e. The van der Waals surface area contributed by atoms with Gasteiger partial charge in [-0.15, -0.1) is 0 Å². The van der Waals surface area contributed by atoms with E-state index in [0.29, 0.717) is 0 Å². The summed E-state index contributed by atoms with van der Waals surface area (Å²) < 4.78 is 39.6. The van der Waals surface area contributed by atoms with Crippen LogP contribution in [0.4, 0.5) is 0 Å². The Morgan fingerprint density at radius 2 is 0.814 bits per heavy atom. The summed E-state index contributed by atoms with van der Waals surface area (Å²) in [7, 11) is 0. The summed E-state index contributed by atoms with van der Waals surface area (Å²) >= 11 is 0. The highest BCUT2D eigenvalue weighted by Crippen LogP contribution is 2.70. The van der Waals surface area contributed by atoms with E-state index < -0.39 is 198 Å². The van der Waals surface area contributed by atoms with E-state index in [0.717, 1.165) is 78.9 Å². The van der Waals surface area contributed by atoms with Crippen molar-refractivity contribution in [2.24, 2.45) is 0 Å². The first-order chi connectivity index (χ1) is 40.8. The molecule has 20 N–H and O–H groups in total. The standard InChI is InChI=1S/C60H46O26/c61-21-11-28(67)40-37(12-21)81-53(18-6-32(71)49(76)33(72)7-18)51(78)46(40)41-29(68)14-30(69)42-48-45-39(84-60(58(48)80,85-55(41)42)20-9-34(73)50(77)35(74)10-20)16-31(70)43-47-44-38(83-59(57(47)79,86-56(43)45)19-2-4-24(63)27(66)8-19)15-25(64)22-13-36(75)52(82-54(22)44)17-1-3-23(62)26(65)5-17/h1-12,14-16,36,46-48,51-53,57-58,61-80H,13H2/t36-,46+,47-,48-,51-,52-,53-,57+,58+,59-,60-/m1/s1. The lowest BCUT2D eigenvalue weighted by Crippen LogP contribution is -2.60. The zero-order valence-corrected chi connectivity index (χ0v) is 43.5. The van der Waals surface area contributed by atoms with Crippen molar-refractivity contribution in [3.8, 4) is 126 Å². The summed E-state index contributed by atoms with van der Waals surface area (Å²) in [6.45, 7) is 0. The second kappa shape index (κ2) is 17.9. The number of aliphatic hydroxyl groups is 4. The number of phenolic OH excluding ortho intramolecular Hbond substituents is 16. The molecule has 0 fully saturated rings. The van der Waals surface area contributed by atoms with Crippen LogP contribution in [0.15, 0.2) is 91.0 Å². The van der Waals surface area contributed by atoms with Crippen LogP contribution in [0.3, 0.4) is 0 Å². The van der Waals surface area contributed by atoms with E-state index in [1.165, 1.54) is 12.1 Å². The summed E-state index contributed by atoms with van der Waals surface area (Å²) in [5, 5.41) is 229. The number of benzene rings is 8. The maximum absolute atomic E-state index is 13.3. The van der Waals surface area contributed by atoms with E-state index in [1.807, 2.05) is 0 Å². The Morgan fingerprint density at radius 1 is 0.337 bits per heavy atom. The third-order valence-corrected chi connectivity index (χ3v) is 16.9. The second-order valence-electron chi connectivity index (χ2n) is 21.7. The van der Waals surface area contributed by atoms with Gasteiger partial charge in [0.05, 0.1) is 23.9 Å². The fourth-order valence-corrected chi connectivity index (χ4v) is 13.1. The van der Waals surface area contributed by atoms with Gasteiger partial charge in [0.2, 0.25) is 0 Å². The first kappa shape index (κ1) is 53.2. The molecule has 0 radical (unpaired) electrons. The molecule has 26 nitrogen and oxygen atoms in total. The van der Waals surface area contributed by atoms with Crippen LogP contribution < -0.4 is 28.4 Å². The van der Waals surface area contributed by atoms with Crippen LogP contribution in [0, 0.1) is 0 Å². The van der Waals surface area contributed by atoms with Crippen LogP contribution in [0.25, 0.3) is 0 Å². The average Bonchev–Trinajstić information content (AvgIpc) is 0.685. The van der Waals surface area contributed by atoms with Gasteiger partial charge in [-0.1, -0.05) is 6.07 Å². The number of fused-ring (bicyclic) bond motifs is 16. The van der Waals surface area contributed by atoms with Crippen LogP contribution in [0.1, 0.15) is 91.2 Å². The zero-order valence-electron chi connectivity index (χ0n) is 43.5. The quantitative estimate of drug-likeness (QED) is 0.102. The van der Waals surface area contributed by atoms with Gasteiger partial charge in [-0.05, 0) is 60.2 Å². The van der Waals surface area contributed by atoms with Crippen molar-refractivity contribution in [1.29, 1.82) is 0 Å². The largest absolute Gasteiger partial charge is 0.508 e. The van der Waals surface area contributed by atoms with Crippen LogP contribution in [-0.4, -0.2) is 127 Å². The summed E-state index contributed by atoms with van der Waals surface area (Å²) in [4.78, 5) is 0. The number of hydrogen-bond donors (Lipinski definition) is 20. The molecule has 6 aliphatic heterocycles. The van der Waals surface area contributed by atoms with Crippen molar-refractivity contribution in [2.45, 2.75) is 72.4 Å². The first-order valence-corrected chi connectivity index (χ1v) is 26.1. The Labute approximate surface area is 480 Å². The highest BCUT2D eigenvalue weighted by molar-refractivity contribution is 5.75. The fourth-order valence-electron chi connectivity index (χ4n) is 13.1. The molecule has 4 bridgehead atoms. The summed E-state index contributed by atoms with van der Waals surface area (Å²) in [6.07, 6.45) is -11.5. The molecule has 6 aliphatic rings. The Kier molecular flexibility index (Phi) is 11.1. The molecule has 8 aromatic carbocycles. The molecule has 0 saturated carbocycles. The van der Waals surface area contributed by atoms with Gasteiger partial charge in [0.1, 0.15) is 93.4 Å². The Bertz CT molecular complexity index is 4250. The molecule has 0 amide bonds. The highest BCUT2D eigenvalue weighted by atomic mass is 16.7. The molecular formula is C60H46O26. The molecular weight excluding hydrogens is 1140 g/mol. The van der Waals surface area contributed by atoms with Gasteiger partial charge in [0, 0.05) is 92.4 Å². The van der Waals surface area contributed by atoms with E-state index >= 15 is 0 Å². The highest BCUT2D eigenvalue weighted by Gasteiger charge is 2.66. The Hall–Kier alpha value is -10.8. The van der Waals surface area contributed by atoms with Gasteiger partial charge >= 0.3 is 11.6 Å². The van der Waals surface area contributed by atoms with Gasteiger partial charge in [-0.3, -0.25) is 0 Å². The summed E-state index contributed by atoms with van der Waals surface area (Å²) in [5.74, 6) is -26.7. The van der Waals surface area contributed by atoms with E-state index in [1.54, 1.807) is 0 Å². The number of aromatic hydroxyl groups is 16. The maximum atomic E-state index is 13.3. The van der Waals surface area contributed by atoms with Crippen molar-refractivity contribution >= 4 is 0 Å². The molecule has 442 valence electrons. The third kappa shape index (κ3) is 7.14. The number of hydrogen-bond acceptors (Lipinski definition) is 26. The molecule has 14 rings (SSSR count). The predicted octanol–water partition coefficient (Wildman–Crippen LogP) is 4.90. The molecule has 11 atom stereocenters. The topological polar surface area (TPSA) is 460 Å². The average molecular weight is 1180 g/mol. The number of ether oxygens (including phenoxy) is 6. The van der Waals surface area contributed by atoms with E-state index in [-0.39, 0.29) is 62.4 Å². The summed E-state index contributed by atoms with van der Waals surface area (Å²) in [5.41, 5.74) is -3.28. The van der Waals surface area contributed by atoms with Crippen LogP contribution in [0.2, 0.25) is 0 Å². The minimum absolute atomic E-state index is 0.0505. The lowest BCUT2D eigenvalue weighted by molar-refractivity contribution is -0.228. The van der Waals surface area contributed by atoms with E-state index in [4.69, 9.17) is 28.4 Å². The monoisotopic (exact) mass is 1180 g/mol. The van der Waals surface area contributed by atoms with Gasteiger partial charge < -0.3 is 131 Å². The Balaban J connectivity index is 1.05. The number of phenols is 16. The van der Waals surface area contributed by atoms with Gasteiger partial charge in [-0.2, -0.15) is 0 Å². The molecule has 6 heterocycles. The van der Waals surface area contributed by atoms with Crippen molar-refractivity contribution in [2.75, 3.05) is 0 Å². The molecule has 0 unspecified atom stereocenters. The molecule has 0 saturated heterocycles. The first-order valence-electron chi connectivity index (χ1n) is 26.1. The SMILES string of the molecule is Oc1cc(O)c2c(c1)O[C@H](c1cc(O)c(O)c(O)c1)[C@H](O)[C@@H]2c1c(O)cc(O)c2c1O[C@@]1(c3cc(O)c(O)c(O)c3)Oc3cc(O)c4c(c3[C@@H]2[C@@H]1O)O[C@@]1(c2ccc(O)c(O)c2)Oc2cc(O)c3c(c2[C@@H]4[C@@H]1O)O[C@H](c1ccc(O)c(O)c1)[C@H](O)C3. The summed E-state index contributed by atoms with van der Waals surface area (Å²) in [6, 6.07) is 14.9. The third-order valence-electron chi connectivity index (χ3n) is 16.9.